The Bertz CT molecular complexity index is 493. The smallest absolute Gasteiger partial charge is 0.289 e. The quantitative estimate of drug-likeness (QED) is 0.864. The zero-order valence-corrected chi connectivity index (χ0v) is 10.0. The predicted octanol–water partition coefficient (Wildman–Crippen LogP) is 1.51. The number of thiophene rings is 1. The summed E-state index contributed by atoms with van der Waals surface area (Å²) in [5.41, 5.74) is 1.02. The number of nitrogens with one attached hydrogen (secondary N) is 1. The molecule has 0 fully saturated rings. The summed E-state index contributed by atoms with van der Waals surface area (Å²) >= 11 is 1.47. The highest BCUT2D eigenvalue weighted by molar-refractivity contribution is 7.10. The highest BCUT2D eigenvalue weighted by Crippen LogP contribution is 2.23. The monoisotopic (exact) mass is 252 g/mol. The van der Waals surface area contributed by atoms with E-state index < -0.39 is 6.10 Å². The van der Waals surface area contributed by atoms with Gasteiger partial charge in [0.25, 0.3) is 5.91 Å². The molecule has 0 saturated heterocycles. The Morgan fingerprint density at radius 2 is 2.47 bits per heavy atom. The molecule has 17 heavy (non-hydrogen) atoms. The SMILES string of the molecule is Cc1ccsc1C(O)CNC(=O)c1ccno1. The maximum Gasteiger partial charge on any atom is 0.289 e. The Balaban J connectivity index is 1.91. The Hall–Kier alpha value is -1.66. The number of aliphatic hydroxyl groups excluding tert-OH is 1. The number of aliphatic hydroxyl groups is 1. The molecule has 0 aliphatic carbocycles. The number of carbonyl (C=O) groups excluding carboxylic acids is 1. The van der Waals surface area contributed by atoms with Gasteiger partial charge in [-0.15, -0.1) is 11.3 Å². The van der Waals surface area contributed by atoms with Crippen LogP contribution in [0.25, 0.3) is 0 Å². The molecule has 0 aliphatic rings. The standard InChI is InChI=1S/C11H12N2O3S/c1-7-3-5-17-10(7)8(14)6-12-11(15)9-2-4-13-16-9/h2-5,8,14H,6H2,1H3,(H,12,15). The van der Waals surface area contributed by atoms with E-state index in [4.69, 9.17) is 4.52 Å². The fourth-order valence-electron chi connectivity index (χ4n) is 1.43. The van der Waals surface area contributed by atoms with Crippen molar-refractivity contribution in [1.29, 1.82) is 0 Å². The Kier molecular flexibility index (Phi) is 3.55. The molecule has 5 nitrogen and oxygen atoms in total. The van der Waals surface area contributed by atoms with Gasteiger partial charge in [-0.2, -0.15) is 0 Å². The second kappa shape index (κ2) is 5.11. The van der Waals surface area contributed by atoms with E-state index in [2.05, 4.69) is 10.5 Å². The molecule has 1 atom stereocenters. The van der Waals surface area contributed by atoms with Crippen molar-refractivity contribution < 1.29 is 14.4 Å². The van der Waals surface area contributed by atoms with Gasteiger partial charge in [-0.05, 0) is 23.9 Å². The third-order valence-electron chi connectivity index (χ3n) is 2.32. The minimum absolute atomic E-state index is 0.139. The molecule has 90 valence electrons. The molecule has 2 aromatic heterocycles. The molecule has 0 aromatic carbocycles. The van der Waals surface area contributed by atoms with Crippen molar-refractivity contribution in [2.75, 3.05) is 6.54 Å². The highest BCUT2D eigenvalue weighted by Gasteiger charge is 2.15. The average Bonchev–Trinajstić information content (AvgIpc) is 2.95. The second-order valence-corrected chi connectivity index (χ2v) is 4.52. The Morgan fingerprint density at radius 1 is 1.65 bits per heavy atom. The largest absolute Gasteiger partial charge is 0.386 e. The highest BCUT2D eigenvalue weighted by atomic mass is 32.1. The maximum atomic E-state index is 11.5. The van der Waals surface area contributed by atoms with E-state index >= 15 is 0 Å². The zero-order chi connectivity index (χ0) is 12.3. The minimum Gasteiger partial charge on any atom is -0.386 e. The number of carbonyl (C=O) groups is 1. The summed E-state index contributed by atoms with van der Waals surface area (Å²) in [4.78, 5) is 12.4. The summed E-state index contributed by atoms with van der Waals surface area (Å²) < 4.78 is 4.70. The third kappa shape index (κ3) is 2.72. The molecule has 0 aliphatic heterocycles. The van der Waals surface area contributed by atoms with Gasteiger partial charge in [0.05, 0.1) is 6.20 Å². The molecule has 6 heteroatoms. The van der Waals surface area contributed by atoms with Gasteiger partial charge in [0, 0.05) is 17.5 Å². The number of hydrogen-bond acceptors (Lipinski definition) is 5. The lowest BCUT2D eigenvalue weighted by Gasteiger charge is -2.10. The van der Waals surface area contributed by atoms with Crippen LogP contribution in [0.15, 0.2) is 28.2 Å². The van der Waals surface area contributed by atoms with Crippen LogP contribution in [-0.2, 0) is 0 Å². The van der Waals surface area contributed by atoms with Gasteiger partial charge >= 0.3 is 0 Å². The predicted molar refractivity (Wildman–Crippen MR) is 62.9 cm³/mol. The zero-order valence-electron chi connectivity index (χ0n) is 9.21. The first kappa shape index (κ1) is 11.8. The van der Waals surface area contributed by atoms with E-state index in [0.29, 0.717) is 0 Å². The molecular formula is C11H12N2O3S. The van der Waals surface area contributed by atoms with E-state index in [9.17, 15) is 9.90 Å². The van der Waals surface area contributed by atoms with Crippen molar-refractivity contribution in [3.63, 3.8) is 0 Å². The molecular weight excluding hydrogens is 240 g/mol. The summed E-state index contributed by atoms with van der Waals surface area (Å²) in [6, 6.07) is 3.40. The van der Waals surface area contributed by atoms with Gasteiger partial charge in [-0.1, -0.05) is 5.16 Å². The van der Waals surface area contributed by atoms with Crippen LogP contribution >= 0.6 is 11.3 Å². The number of hydrogen-bond donors (Lipinski definition) is 2. The normalized spacial score (nSPS) is 12.4. The van der Waals surface area contributed by atoms with Crippen LogP contribution in [-0.4, -0.2) is 22.7 Å². The lowest BCUT2D eigenvalue weighted by Crippen LogP contribution is -2.27. The van der Waals surface area contributed by atoms with Crippen molar-refractivity contribution in [2.45, 2.75) is 13.0 Å². The van der Waals surface area contributed by atoms with Crippen LogP contribution in [0.4, 0.5) is 0 Å². The van der Waals surface area contributed by atoms with Crippen LogP contribution in [0, 0.1) is 6.92 Å². The fraction of sp³-hybridized carbons (Fsp3) is 0.273. The first-order valence-corrected chi connectivity index (χ1v) is 5.97. The van der Waals surface area contributed by atoms with E-state index in [1.54, 1.807) is 0 Å². The molecule has 1 amide bonds. The van der Waals surface area contributed by atoms with Crippen molar-refractivity contribution in [1.82, 2.24) is 10.5 Å². The topological polar surface area (TPSA) is 75.4 Å². The molecule has 1 unspecified atom stereocenters. The van der Waals surface area contributed by atoms with E-state index in [0.717, 1.165) is 10.4 Å². The minimum atomic E-state index is -0.693. The number of nitrogens with zero attached hydrogens (tertiary/aromatic N) is 1. The average molecular weight is 252 g/mol. The van der Waals surface area contributed by atoms with Gasteiger partial charge in [0.2, 0.25) is 5.76 Å². The van der Waals surface area contributed by atoms with Crippen LogP contribution in [0.3, 0.4) is 0 Å². The summed E-state index contributed by atoms with van der Waals surface area (Å²) in [6.45, 7) is 2.08. The van der Waals surface area contributed by atoms with E-state index in [-0.39, 0.29) is 18.2 Å². The number of amides is 1. The van der Waals surface area contributed by atoms with Gasteiger partial charge in [-0.25, -0.2) is 0 Å². The molecule has 0 radical (unpaired) electrons. The summed E-state index contributed by atoms with van der Waals surface area (Å²) in [6.07, 6.45) is 0.705. The Labute approximate surface area is 102 Å². The molecule has 2 N–H and O–H groups in total. The van der Waals surface area contributed by atoms with Gasteiger partial charge in [0.15, 0.2) is 0 Å². The van der Waals surface area contributed by atoms with Gasteiger partial charge in [0.1, 0.15) is 6.10 Å². The van der Waals surface area contributed by atoms with Crippen molar-refractivity contribution in [3.8, 4) is 0 Å². The summed E-state index contributed by atoms with van der Waals surface area (Å²) in [5.74, 6) is -0.240. The fourth-order valence-corrected chi connectivity index (χ4v) is 2.34. The van der Waals surface area contributed by atoms with Crippen LogP contribution < -0.4 is 5.32 Å². The van der Waals surface area contributed by atoms with Crippen molar-refractivity contribution in [3.05, 3.63) is 39.9 Å². The van der Waals surface area contributed by atoms with Crippen molar-refractivity contribution >= 4 is 17.2 Å². The Morgan fingerprint density at radius 3 is 3.06 bits per heavy atom. The molecule has 2 rings (SSSR count). The first-order valence-electron chi connectivity index (χ1n) is 5.09. The molecule has 0 saturated carbocycles. The second-order valence-electron chi connectivity index (χ2n) is 3.57. The van der Waals surface area contributed by atoms with Gasteiger partial charge in [-0.3, -0.25) is 4.79 Å². The molecule has 2 aromatic rings. The maximum absolute atomic E-state index is 11.5. The lowest BCUT2D eigenvalue weighted by molar-refractivity contribution is 0.0881. The summed E-state index contributed by atoms with van der Waals surface area (Å²) in [5, 5.41) is 17.8. The van der Waals surface area contributed by atoms with Crippen molar-refractivity contribution in [2.24, 2.45) is 0 Å². The molecule has 0 bridgehead atoms. The first-order chi connectivity index (χ1) is 8.18. The number of aromatic nitrogens is 1. The van der Waals surface area contributed by atoms with E-state index in [1.165, 1.54) is 23.6 Å². The number of aryl methyl sites for hydroxylation is 1. The van der Waals surface area contributed by atoms with Gasteiger partial charge < -0.3 is 14.9 Å². The lowest BCUT2D eigenvalue weighted by atomic mass is 10.2. The van der Waals surface area contributed by atoms with Crippen LogP contribution in [0.1, 0.15) is 27.1 Å². The third-order valence-corrected chi connectivity index (χ3v) is 3.44. The molecule has 0 spiro atoms. The molecule has 2 heterocycles. The summed E-state index contributed by atoms with van der Waals surface area (Å²) in [7, 11) is 0. The van der Waals surface area contributed by atoms with Crippen LogP contribution in [0.2, 0.25) is 0 Å². The van der Waals surface area contributed by atoms with E-state index in [1.807, 2.05) is 18.4 Å². The number of rotatable bonds is 4. The van der Waals surface area contributed by atoms with Crippen LogP contribution in [0.5, 0.6) is 0 Å².